The molecule has 3 heterocycles. The van der Waals surface area contributed by atoms with Gasteiger partial charge in [-0.2, -0.15) is 0 Å². The maximum atomic E-state index is 11.1. The van der Waals surface area contributed by atoms with Gasteiger partial charge in [0.2, 0.25) is 0 Å². The lowest BCUT2D eigenvalue weighted by Crippen LogP contribution is -2.31. The predicted molar refractivity (Wildman–Crippen MR) is 44.5 cm³/mol. The molecule has 3 nitrogen and oxygen atoms in total. The summed E-state index contributed by atoms with van der Waals surface area (Å²) < 4.78 is 11.2. The summed E-state index contributed by atoms with van der Waals surface area (Å²) in [5.74, 6) is 0.0256. The zero-order valence-corrected chi connectivity index (χ0v) is 7.85. The van der Waals surface area contributed by atoms with Crippen molar-refractivity contribution < 1.29 is 14.3 Å². The topological polar surface area (TPSA) is 35.5 Å². The molecule has 11 heavy (non-hydrogen) atoms. The van der Waals surface area contributed by atoms with E-state index < -0.39 is 0 Å². The van der Waals surface area contributed by atoms with Crippen LogP contribution in [0.2, 0.25) is 0 Å². The molecule has 0 aliphatic carbocycles. The van der Waals surface area contributed by atoms with Gasteiger partial charge in [0.25, 0.3) is 0 Å². The highest BCUT2D eigenvalue weighted by atomic mass is 127. The smallest absolute Gasteiger partial charge is 0.312 e. The van der Waals surface area contributed by atoms with Crippen LogP contribution in [0.25, 0.3) is 0 Å². The highest BCUT2D eigenvalue weighted by Gasteiger charge is 2.62. The third-order valence-electron chi connectivity index (χ3n) is 2.76. The van der Waals surface area contributed by atoms with E-state index >= 15 is 0 Å². The first-order chi connectivity index (χ1) is 5.27. The molecule has 2 bridgehead atoms. The van der Waals surface area contributed by atoms with Crippen molar-refractivity contribution in [3.63, 3.8) is 0 Å². The van der Waals surface area contributed by atoms with E-state index in [-0.39, 0.29) is 30.2 Å². The fraction of sp³-hybridized carbons (Fsp3) is 0.857. The molecule has 3 saturated heterocycles. The third kappa shape index (κ3) is 0.654. The van der Waals surface area contributed by atoms with Crippen molar-refractivity contribution in [3.05, 3.63) is 0 Å². The number of hydrogen-bond donors (Lipinski definition) is 0. The average molecular weight is 266 g/mol. The number of esters is 1. The molecule has 3 fully saturated rings. The molecule has 0 aromatic rings. The minimum Gasteiger partial charge on any atom is -0.458 e. The van der Waals surface area contributed by atoms with Crippen LogP contribution >= 0.6 is 22.6 Å². The summed E-state index contributed by atoms with van der Waals surface area (Å²) in [7, 11) is 0. The van der Waals surface area contributed by atoms with E-state index in [0.717, 1.165) is 6.42 Å². The molecular formula is C7H7IO3. The van der Waals surface area contributed by atoms with E-state index in [1.807, 2.05) is 0 Å². The number of halogens is 1. The largest absolute Gasteiger partial charge is 0.458 e. The number of fused-ring (bicyclic) bond motifs is 1. The van der Waals surface area contributed by atoms with Crippen LogP contribution in [0.4, 0.5) is 0 Å². The standard InChI is InChI=1S/C7H7IO3/c8-4-3-1-2-5(10-3)6(4)11-7(2)9/h2-6H,1H2/t2-,3+,4-,5-,6+/m0/s1. The van der Waals surface area contributed by atoms with Gasteiger partial charge in [0.1, 0.15) is 12.2 Å². The van der Waals surface area contributed by atoms with E-state index in [1.54, 1.807) is 0 Å². The number of hydrogen-bond acceptors (Lipinski definition) is 3. The maximum Gasteiger partial charge on any atom is 0.312 e. The van der Waals surface area contributed by atoms with Crippen LogP contribution in [0.15, 0.2) is 0 Å². The molecule has 0 radical (unpaired) electrons. The molecule has 60 valence electrons. The van der Waals surface area contributed by atoms with Gasteiger partial charge < -0.3 is 9.47 Å². The van der Waals surface area contributed by atoms with E-state index in [1.165, 1.54) is 0 Å². The van der Waals surface area contributed by atoms with Crippen molar-refractivity contribution in [1.82, 2.24) is 0 Å². The van der Waals surface area contributed by atoms with Crippen LogP contribution in [0.1, 0.15) is 6.42 Å². The maximum absolute atomic E-state index is 11.1. The van der Waals surface area contributed by atoms with E-state index in [9.17, 15) is 4.79 Å². The van der Waals surface area contributed by atoms with Gasteiger partial charge in [0, 0.05) is 0 Å². The number of rotatable bonds is 0. The summed E-state index contributed by atoms with van der Waals surface area (Å²) in [5, 5.41) is 0. The second kappa shape index (κ2) is 1.90. The van der Waals surface area contributed by atoms with Gasteiger partial charge in [-0.3, -0.25) is 4.79 Å². The molecule has 0 unspecified atom stereocenters. The average Bonchev–Trinajstić information content (AvgIpc) is 2.53. The summed E-state index contributed by atoms with van der Waals surface area (Å²) in [6.45, 7) is 0. The molecule has 0 spiro atoms. The van der Waals surface area contributed by atoms with Gasteiger partial charge in [-0.25, -0.2) is 0 Å². The molecule has 0 amide bonds. The Balaban J connectivity index is 2.04. The van der Waals surface area contributed by atoms with Crippen molar-refractivity contribution in [1.29, 1.82) is 0 Å². The minimum atomic E-state index is -0.0401. The quantitative estimate of drug-likeness (QED) is 0.364. The van der Waals surface area contributed by atoms with Gasteiger partial charge in [0.15, 0.2) is 0 Å². The van der Waals surface area contributed by atoms with Crippen LogP contribution in [-0.4, -0.2) is 28.2 Å². The van der Waals surface area contributed by atoms with Gasteiger partial charge in [0.05, 0.1) is 15.9 Å². The van der Waals surface area contributed by atoms with Crippen molar-refractivity contribution in [2.75, 3.05) is 0 Å². The number of carbonyl (C=O) groups excluding carboxylic acids is 1. The fourth-order valence-electron chi connectivity index (χ4n) is 2.22. The minimum absolute atomic E-state index is 0.0401. The monoisotopic (exact) mass is 266 g/mol. The van der Waals surface area contributed by atoms with Gasteiger partial charge in [-0.05, 0) is 6.42 Å². The van der Waals surface area contributed by atoms with E-state index in [0.29, 0.717) is 3.92 Å². The van der Waals surface area contributed by atoms with Crippen molar-refractivity contribution in [2.45, 2.75) is 28.7 Å². The van der Waals surface area contributed by atoms with Gasteiger partial charge in [-0.1, -0.05) is 22.6 Å². The Bertz CT molecular complexity index is 230. The van der Waals surface area contributed by atoms with Crippen LogP contribution in [0.3, 0.4) is 0 Å². The van der Waals surface area contributed by atoms with Gasteiger partial charge >= 0.3 is 5.97 Å². The van der Waals surface area contributed by atoms with E-state index in [2.05, 4.69) is 22.6 Å². The summed E-state index contributed by atoms with van der Waals surface area (Å²) in [6.07, 6.45) is 1.32. The summed E-state index contributed by atoms with van der Waals surface area (Å²) in [6, 6.07) is 0. The number of carbonyl (C=O) groups is 1. The predicted octanol–water partition coefficient (Wildman–Crippen LogP) is 0.503. The SMILES string of the molecule is O=C1O[C@@H]2[C@@H](I)[C@H]3C[C@H]1[C@@H]2O3. The molecule has 0 saturated carbocycles. The Morgan fingerprint density at radius 1 is 1.45 bits per heavy atom. The Labute approximate surface area is 77.6 Å². The lowest BCUT2D eigenvalue weighted by atomic mass is 9.90. The Hall–Kier alpha value is 0.160. The number of ether oxygens (including phenoxy) is 2. The van der Waals surface area contributed by atoms with Crippen LogP contribution in [0, 0.1) is 5.92 Å². The molecule has 3 aliphatic rings. The van der Waals surface area contributed by atoms with Crippen molar-refractivity contribution in [3.8, 4) is 0 Å². The van der Waals surface area contributed by atoms with Crippen molar-refractivity contribution in [2.24, 2.45) is 5.92 Å². The molecule has 0 aromatic heterocycles. The molecule has 3 aliphatic heterocycles. The fourth-order valence-corrected chi connectivity index (χ4v) is 3.24. The molecule has 5 atom stereocenters. The first-order valence-electron chi connectivity index (χ1n) is 3.77. The Kier molecular flexibility index (Phi) is 1.15. The highest BCUT2D eigenvalue weighted by molar-refractivity contribution is 14.1. The zero-order chi connectivity index (χ0) is 7.59. The van der Waals surface area contributed by atoms with Crippen LogP contribution in [-0.2, 0) is 14.3 Å². The molecule has 0 N–H and O–H groups in total. The first-order valence-corrected chi connectivity index (χ1v) is 5.02. The number of alkyl halides is 1. The van der Waals surface area contributed by atoms with Crippen molar-refractivity contribution >= 4 is 28.6 Å². The van der Waals surface area contributed by atoms with Gasteiger partial charge in [-0.15, -0.1) is 0 Å². The first kappa shape index (κ1) is 6.65. The second-order valence-corrected chi connectivity index (χ2v) is 4.77. The molecular weight excluding hydrogens is 259 g/mol. The Morgan fingerprint density at radius 3 is 2.91 bits per heavy atom. The summed E-state index contributed by atoms with van der Waals surface area (Å²) in [5.41, 5.74) is 0. The second-order valence-electron chi connectivity index (χ2n) is 3.33. The summed E-state index contributed by atoms with van der Waals surface area (Å²) in [4.78, 5) is 11.1. The summed E-state index contributed by atoms with van der Waals surface area (Å²) >= 11 is 2.32. The molecule has 4 heteroatoms. The third-order valence-corrected chi connectivity index (χ3v) is 4.27. The lowest BCUT2D eigenvalue weighted by Gasteiger charge is -2.14. The molecule has 0 aromatic carbocycles. The van der Waals surface area contributed by atoms with Crippen LogP contribution in [0.5, 0.6) is 0 Å². The van der Waals surface area contributed by atoms with Crippen LogP contribution < -0.4 is 0 Å². The van der Waals surface area contributed by atoms with E-state index in [4.69, 9.17) is 9.47 Å². The lowest BCUT2D eigenvalue weighted by molar-refractivity contribution is -0.143. The highest BCUT2D eigenvalue weighted by Crippen LogP contribution is 2.48. The Morgan fingerprint density at radius 2 is 2.27 bits per heavy atom. The molecule has 3 rings (SSSR count). The normalized spacial score (nSPS) is 58.6. The zero-order valence-electron chi connectivity index (χ0n) is 5.70.